The average molecular weight is 453 g/mol. The maximum absolute atomic E-state index is 10.9. The lowest BCUT2D eigenvalue weighted by Crippen LogP contribution is -2.54. The molecule has 3 aliphatic rings. The van der Waals surface area contributed by atoms with Gasteiger partial charge in [0.1, 0.15) is 0 Å². The minimum absolute atomic E-state index is 0.0349. The van der Waals surface area contributed by atoms with Gasteiger partial charge in [0.05, 0.1) is 18.1 Å². The van der Waals surface area contributed by atoms with Crippen LogP contribution < -0.4 is 15.5 Å². The minimum Gasteiger partial charge on any atom is -0.381 e. The zero-order chi connectivity index (χ0) is 22.9. The number of aliphatic hydroxyl groups is 1. The summed E-state index contributed by atoms with van der Waals surface area (Å²) in [5, 5.41) is 17.8. The first kappa shape index (κ1) is 22.5. The minimum atomic E-state index is -0.730. The van der Waals surface area contributed by atoms with E-state index in [0.717, 1.165) is 64.0 Å². The third-order valence-electron chi connectivity index (χ3n) is 7.93. The van der Waals surface area contributed by atoms with Crippen molar-refractivity contribution in [1.29, 1.82) is 0 Å². The van der Waals surface area contributed by atoms with Crippen LogP contribution in [-0.2, 0) is 10.3 Å². The molecule has 0 radical (unpaired) electrons. The second-order valence-corrected chi connectivity index (χ2v) is 10.0. The zero-order valence-corrected chi connectivity index (χ0v) is 19.7. The van der Waals surface area contributed by atoms with Crippen LogP contribution in [0.5, 0.6) is 0 Å². The van der Waals surface area contributed by atoms with Gasteiger partial charge in [-0.05, 0) is 58.2 Å². The van der Waals surface area contributed by atoms with Gasteiger partial charge < -0.3 is 20.1 Å². The Kier molecular flexibility index (Phi) is 6.26. The second kappa shape index (κ2) is 9.18. The van der Waals surface area contributed by atoms with E-state index in [2.05, 4.69) is 69.9 Å². The summed E-state index contributed by atoms with van der Waals surface area (Å²) in [6, 6.07) is 11.2. The molecule has 1 aromatic carbocycles. The molecule has 1 aliphatic carbocycles. The van der Waals surface area contributed by atoms with E-state index in [1.54, 1.807) is 0 Å². The number of rotatable bonds is 5. The summed E-state index contributed by atoms with van der Waals surface area (Å²) >= 11 is 0. The molecule has 1 spiro atoms. The smallest absolute Gasteiger partial charge is 0.222 e. The van der Waals surface area contributed by atoms with Crippen molar-refractivity contribution in [2.75, 3.05) is 44.1 Å². The first-order valence-corrected chi connectivity index (χ1v) is 12.1. The summed E-state index contributed by atoms with van der Waals surface area (Å²) < 4.78 is 5.42. The molecule has 33 heavy (non-hydrogen) atoms. The molecule has 2 aromatic rings. The molecular formula is C25H36N6O2. The molecule has 2 saturated heterocycles. The zero-order valence-electron chi connectivity index (χ0n) is 19.7. The van der Waals surface area contributed by atoms with Gasteiger partial charge in [-0.25, -0.2) is 9.97 Å². The first-order chi connectivity index (χ1) is 16.0. The fraction of sp³-hybridized carbons (Fsp3) is 0.600. The number of hydrogen-bond donors (Lipinski definition) is 3. The summed E-state index contributed by atoms with van der Waals surface area (Å²) in [5.74, 6) is 0.637. The van der Waals surface area contributed by atoms with E-state index in [-0.39, 0.29) is 11.1 Å². The van der Waals surface area contributed by atoms with E-state index >= 15 is 0 Å². The van der Waals surface area contributed by atoms with Gasteiger partial charge in [0.15, 0.2) is 6.35 Å². The molecule has 8 nitrogen and oxygen atoms in total. The Morgan fingerprint density at radius 1 is 1.06 bits per heavy atom. The molecule has 1 unspecified atom stereocenters. The molecule has 1 saturated carbocycles. The van der Waals surface area contributed by atoms with Gasteiger partial charge in [-0.2, -0.15) is 0 Å². The summed E-state index contributed by atoms with van der Waals surface area (Å²) in [4.78, 5) is 13.4. The van der Waals surface area contributed by atoms with Crippen molar-refractivity contribution in [2.24, 2.45) is 0 Å². The standard InChI is InChI=1S/C25H36N6O2/c1-30(2)25(19-6-4-3-5-7-19)12-10-24(11-13-25)18-31(23(32)29-24)21-16-26-22(27-17-21)28-20-8-14-33-15-9-20/h3-7,16-17,20,23,29,32H,8-15,18H2,1-2H3,(H,26,27,28). The molecule has 3 heterocycles. The van der Waals surface area contributed by atoms with Crippen LogP contribution in [0.4, 0.5) is 11.6 Å². The lowest BCUT2D eigenvalue weighted by atomic mass is 9.69. The molecule has 0 amide bonds. The monoisotopic (exact) mass is 452 g/mol. The van der Waals surface area contributed by atoms with E-state index < -0.39 is 6.35 Å². The predicted molar refractivity (Wildman–Crippen MR) is 129 cm³/mol. The Hall–Kier alpha value is -2.26. The predicted octanol–water partition coefficient (Wildman–Crippen LogP) is 2.52. The van der Waals surface area contributed by atoms with Gasteiger partial charge in [0.25, 0.3) is 0 Å². The second-order valence-electron chi connectivity index (χ2n) is 10.0. The van der Waals surface area contributed by atoms with Crippen LogP contribution in [-0.4, -0.2) is 71.8 Å². The summed E-state index contributed by atoms with van der Waals surface area (Å²) in [7, 11) is 4.36. The molecule has 0 bridgehead atoms. The molecule has 3 fully saturated rings. The van der Waals surface area contributed by atoms with Crippen LogP contribution in [0.2, 0.25) is 0 Å². The Bertz CT molecular complexity index is 908. The average Bonchev–Trinajstić information content (AvgIpc) is 3.17. The third kappa shape index (κ3) is 4.45. The Balaban J connectivity index is 1.25. The Labute approximate surface area is 196 Å². The molecule has 2 aliphatic heterocycles. The van der Waals surface area contributed by atoms with Crippen molar-refractivity contribution in [3.63, 3.8) is 0 Å². The molecule has 178 valence electrons. The van der Waals surface area contributed by atoms with Crippen LogP contribution in [0.25, 0.3) is 0 Å². The van der Waals surface area contributed by atoms with Gasteiger partial charge in [-0.1, -0.05) is 30.3 Å². The molecule has 1 aromatic heterocycles. The molecule has 8 heteroatoms. The van der Waals surface area contributed by atoms with E-state index in [1.165, 1.54) is 5.56 Å². The maximum atomic E-state index is 10.9. The molecule has 1 atom stereocenters. The van der Waals surface area contributed by atoms with Crippen molar-refractivity contribution < 1.29 is 9.84 Å². The van der Waals surface area contributed by atoms with Crippen LogP contribution in [0.3, 0.4) is 0 Å². The first-order valence-electron chi connectivity index (χ1n) is 12.1. The molecular weight excluding hydrogens is 416 g/mol. The lowest BCUT2D eigenvalue weighted by Gasteiger charge is -2.49. The lowest BCUT2D eigenvalue weighted by molar-refractivity contribution is 0.0513. The highest BCUT2D eigenvalue weighted by molar-refractivity contribution is 5.47. The third-order valence-corrected chi connectivity index (χ3v) is 7.93. The molecule has 3 N–H and O–H groups in total. The fourth-order valence-corrected chi connectivity index (χ4v) is 5.80. The SMILES string of the molecule is CN(C)C1(c2ccccc2)CCC2(CC1)CN(c1cnc(NC3CCOCC3)nc1)C(O)N2. The van der Waals surface area contributed by atoms with Crippen LogP contribution in [0.15, 0.2) is 42.7 Å². The Morgan fingerprint density at radius 2 is 1.73 bits per heavy atom. The highest BCUT2D eigenvalue weighted by Crippen LogP contribution is 2.46. The van der Waals surface area contributed by atoms with E-state index in [4.69, 9.17) is 4.74 Å². The Morgan fingerprint density at radius 3 is 2.36 bits per heavy atom. The van der Waals surface area contributed by atoms with Crippen molar-refractivity contribution in [3.8, 4) is 0 Å². The quantitative estimate of drug-likeness (QED) is 0.638. The van der Waals surface area contributed by atoms with Gasteiger partial charge >= 0.3 is 0 Å². The summed E-state index contributed by atoms with van der Waals surface area (Å²) in [5.41, 5.74) is 2.15. The van der Waals surface area contributed by atoms with Gasteiger partial charge in [-0.15, -0.1) is 0 Å². The highest BCUT2D eigenvalue weighted by Gasteiger charge is 2.50. The maximum Gasteiger partial charge on any atom is 0.222 e. The topological polar surface area (TPSA) is 85.8 Å². The number of anilines is 2. The largest absolute Gasteiger partial charge is 0.381 e. The number of aromatic nitrogens is 2. The highest BCUT2D eigenvalue weighted by atomic mass is 16.5. The number of aliphatic hydroxyl groups excluding tert-OH is 1. The number of nitrogens with one attached hydrogen (secondary N) is 2. The number of ether oxygens (including phenoxy) is 1. The van der Waals surface area contributed by atoms with Gasteiger partial charge in [-0.3, -0.25) is 10.2 Å². The van der Waals surface area contributed by atoms with Crippen LogP contribution >= 0.6 is 0 Å². The summed E-state index contributed by atoms with van der Waals surface area (Å²) in [6.45, 7) is 2.31. The van der Waals surface area contributed by atoms with Gasteiger partial charge in [0, 0.05) is 36.9 Å². The van der Waals surface area contributed by atoms with Crippen molar-refractivity contribution in [2.45, 2.75) is 62.0 Å². The fourth-order valence-electron chi connectivity index (χ4n) is 5.80. The van der Waals surface area contributed by atoms with Crippen molar-refractivity contribution in [3.05, 3.63) is 48.3 Å². The van der Waals surface area contributed by atoms with Gasteiger partial charge in [0.2, 0.25) is 5.95 Å². The number of benzene rings is 1. The van der Waals surface area contributed by atoms with E-state index in [9.17, 15) is 5.11 Å². The van der Waals surface area contributed by atoms with E-state index in [0.29, 0.717) is 12.0 Å². The molecule has 5 rings (SSSR count). The van der Waals surface area contributed by atoms with Crippen molar-refractivity contribution >= 4 is 11.6 Å². The van der Waals surface area contributed by atoms with Crippen LogP contribution in [0, 0.1) is 0 Å². The normalized spacial score (nSPS) is 30.8. The van der Waals surface area contributed by atoms with E-state index in [1.807, 2.05) is 17.3 Å². The number of nitrogens with zero attached hydrogens (tertiary/aromatic N) is 4. The van der Waals surface area contributed by atoms with Crippen LogP contribution in [0.1, 0.15) is 44.1 Å². The van der Waals surface area contributed by atoms with Crippen molar-refractivity contribution in [1.82, 2.24) is 20.2 Å². The summed E-state index contributed by atoms with van der Waals surface area (Å²) in [6.07, 6.45) is 8.93. The number of hydrogen-bond acceptors (Lipinski definition) is 8.